The second kappa shape index (κ2) is 3.16. The number of fused-ring (bicyclic) bond motifs is 1. The average Bonchev–Trinajstić information content (AvgIpc) is 2.66. The van der Waals surface area contributed by atoms with Crippen LogP contribution in [0.25, 0.3) is 0 Å². The van der Waals surface area contributed by atoms with Crippen LogP contribution in [-0.4, -0.2) is 12.1 Å². The van der Waals surface area contributed by atoms with Gasteiger partial charge in [0.15, 0.2) is 5.75 Å². The number of hydrogen-bond donors (Lipinski definition) is 1. The number of rotatable bonds is 0. The van der Waals surface area contributed by atoms with E-state index in [-0.39, 0.29) is 5.60 Å². The Hall–Kier alpha value is -0.700. The average molecular weight is 209 g/mol. The highest BCUT2D eigenvalue weighted by molar-refractivity contribution is 7.08. The predicted molar refractivity (Wildman–Crippen MR) is 59.3 cm³/mol. The van der Waals surface area contributed by atoms with Gasteiger partial charge in [-0.3, -0.25) is 0 Å². The molecule has 0 saturated heterocycles. The van der Waals surface area contributed by atoms with Gasteiger partial charge >= 0.3 is 0 Å². The molecular formula is C11H15NOS. The maximum absolute atomic E-state index is 6.15. The molecule has 0 atom stereocenters. The van der Waals surface area contributed by atoms with Gasteiger partial charge in [-0.2, -0.15) is 0 Å². The molecule has 0 bridgehead atoms. The Kier molecular flexibility index (Phi) is 1.94. The molecule has 1 saturated carbocycles. The second-order valence-corrected chi connectivity index (χ2v) is 5.09. The van der Waals surface area contributed by atoms with Crippen molar-refractivity contribution in [3.8, 4) is 5.75 Å². The SMILES string of the molecule is c1scc2c1NCC1(CCCCC1)O2. The minimum Gasteiger partial charge on any atom is -0.482 e. The fourth-order valence-electron chi connectivity index (χ4n) is 2.49. The summed E-state index contributed by atoms with van der Waals surface area (Å²) in [6, 6.07) is 0. The van der Waals surface area contributed by atoms with Gasteiger partial charge in [0.1, 0.15) is 5.60 Å². The molecule has 0 unspecified atom stereocenters. The molecule has 2 nitrogen and oxygen atoms in total. The molecule has 0 aromatic carbocycles. The van der Waals surface area contributed by atoms with E-state index in [0.29, 0.717) is 0 Å². The molecule has 1 aliphatic heterocycles. The highest BCUT2D eigenvalue weighted by Crippen LogP contribution is 2.41. The zero-order valence-corrected chi connectivity index (χ0v) is 9.03. The van der Waals surface area contributed by atoms with Crippen molar-refractivity contribution in [2.24, 2.45) is 0 Å². The van der Waals surface area contributed by atoms with E-state index in [1.807, 2.05) is 0 Å². The first-order valence-corrected chi connectivity index (χ1v) is 6.31. The summed E-state index contributed by atoms with van der Waals surface area (Å²) in [7, 11) is 0. The van der Waals surface area contributed by atoms with Crippen molar-refractivity contribution >= 4 is 17.0 Å². The molecule has 3 heteroatoms. The fourth-order valence-corrected chi connectivity index (χ4v) is 3.20. The lowest BCUT2D eigenvalue weighted by molar-refractivity contribution is 0.0375. The molecule has 1 aromatic heterocycles. The molecule has 1 aliphatic carbocycles. The number of nitrogens with one attached hydrogen (secondary N) is 1. The first-order valence-electron chi connectivity index (χ1n) is 5.37. The molecule has 2 aliphatic rings. The predicted octanol–water partition coefficient (Wildman–Crippen LogP) is 3.26. The van der Waals surface area contributed by atoms with Gasteiger partial charge in [-0.1, -0.05) is 6.42 Å². The Labute approximate surface area is 88.3 Å². The van der Waals surface area contributed by atoms with Gasteiger partial charge in [-0.25, -0.2) is 0 Å². The Morgan fingerprint density at radius 1 is 1.21 bits per heavy atom. The van der Waals surface area contributed by atoms with Crippen LogP contribution in [0.4, 0.5) is 5.69 Å². The Balaban J connectivity index is 1.85. The normalized spacial score (nSPS) is 23.7. The van der Waals surface area contributed by atoms with Crippen LogP contribution < -0.4 is 10.1 Å². The maximum atomic E-state index is 6.15. The third-order valence-corrected chi connectivity index (χ3v) is 4.04. The van der Waals surface area contributed by atoms with Gasteiger partial charge in [-0.15, -0.1) is 11.3 Å². The summed E-state index contributed by atoms with van der Waals surface area (Å²) in [5.41, 5.74) is 1.30. The Morgan fingerprint density at radius 3 is 2.93 bits per heavy atom. The van der Waals surface area contributed by atoms with Crippen LogP contribution in [-0.2, 0) is 0 Å². The standard InChI is InChI=1S/C11H15NOS/c1-2-4-11(5-3-1)8-12-9-6-14-7-10(9)13-11/h6-7,12H,1-5,8H2. The minimum absolute atomic E-state index is 0.117. The quantitative estimate of drug-likeness (QED) is 0.708. The molecule has 1 aromatic rings. The van der Waals surface area contributed by atoms with E-state index in [1.54, 1.807) is 11.3 Å². The number of anilines is 1. The van der Waals surface area contributed by atoms with E-state index in [1.165, 1.54) is 37.8 Å². The van der Waals surface area contributed by atoms with Gasteiger partial charge < -0.3 is 10.1 Å². The summed E-state index contributed by atoms with van der Waals surface area (Å²) in [6.07, 6.45) is 6.45. The second-order valence-electron chi connectivity index (χ2n) is 4.35. The summed E-state index contributed by atoms with van der Waals surface area (Å²) < 4.78 is 6.15. The van der Waals surface area contributed by atoms with Crippen LogP contribution in [0, 0.1) is 0 Å². The Bertz CT molecular complexity index is 328. The lowest BCUT2D eigenvalue weighted by atomic mass is 9.84. The van der Waals surface area contributed by atoms with Crippen molar-refractivity contribution in [2.75, 3.05) is 11.9 Å². The van der Waals surface area contributed by atoms with Crippen LogP contribution in [0.15, 0.2) is 10.8 Å². The summed E-state index contributed by atoms with van der Waals surface area (Å²) in [6.45, 7) is 0.997. The molecule has 76 valence electrons. The number of hydrogen-bond acceptors (Lipinski definition) is 3. The van der Waals surface area contributed by atoms with Gasteiger partial charge in [0.2, 0.25) is 0 Å². The van der Waals surface area contributed by atoms with E-state index < -0.39 is 0 Å². The minimum atomic E-state index is 0.117. The van der Waals surface area contributed by atoms with Crippen molar-refractivity contribution < 1.29 is 4.74 Å². The Morgan fingerprint density at radius 2 is 2.07 bits per heavy atom. The van der Waals surface area contributed by atoms with Gasteiger partial charge in [-0.05, 0) is 25.7 Å². The lowest BCUT2D eigenvalue weighted by Crippen LogP contribution is -2.46. The first-order chi connectivity index (χ1) is 6.88. The van der Waals surface area contributed by atoms with Crippen molar-refractivity contribution in [3.63, 3.8) is 0 Å². The van der Waals surface area contributed by atoms with E-state index in [0.717, 1.165) is 12.3 Å². The fraction of sp³-hybridized carbons (Fsp3) is 0.636. The molecule has 3 rings (SSSR count). The van der Waals surface area contributed by atoms with Gasteiger partial charge in [0.05, 0.1) is 12.2 Å². The van der Waals surface area contributed by atoms with Crippen LogP contribution in [0.3, 0.4) is 0 Å². The monoisotopic (exact) mass is 209 g/mol. The van der Waals surface area contributed by atoms with Gasteiger partial charge in [0.25, 0.3) is 0 Å². The maximum Gasteiger partial charge on any atom is 0.154 e. The van der Waals surface area contributed by atoms with E-state index >= 15 is 0 Å². The number of thiophene rings is 1. The number of ether oxygens (including phenoxy) is 1. The molecule has 0 amide bonds. The summed E-state index contributed by atoms with van der Waals surface area (Å²) >= 11 is 1.72. The molecule has 0 radical (unpaired) electrons. The van der Waals surface area contributed by atoms with Crippen LogP contribution >= 0.6 is 11.3 Å². The van der Waals surface area contributed by atoms with Crippen molar-refractivity contribution in [2.45, 2.75) is 37.7 Å². The molecular weight excluding hydrogens is 194 g/mol. The van der Waals surface area contributed by atoms with E-state index in [4.69, 9.17) is 4.74 Å². The van der Waals surface area contributed by atoms with E-state index in [2.05, 4.69) is 16.1 Å². The highest BCUT2D eigenvalue weighted by atomic mass is 32.1. The smallest absolute Gasteiger partial charge is 0.154 e. The summed E-state index contributed by atoms with van der Waals surface area (Å²) in [5, 5.41) is 7.73. The zero-order valence-electron chi connectivity index (χ0n) is 8.21. The summed E-state index contributed by atoms with van der Waals surface area (Å²) in [4.78, 5) is 0. The molecule has 1 spiro atoms. The molecule has 1 N–H and O–H groups in total. The third-order valence-electron chi connectivity index (χ3n) is 3.32. The zero-order chi connectivity index (χ0) is 9.43. The largest absolute Gasteiger partial charge is 0.482 e. The van der Waals surface area contributed by atoms with Crippen LogP contribution in [0.1, 0.15) is 32.1 Å². The first kappa shape index (κ1) is 8.60. The van der Waals surface area contributed by atoms with Crippen molar-refractivity contribution in [1.29, 1.82) is 0 Å². The third kappa shape index (κ3) is 1.31. The molecule has 14 heavy (non-hydrogen) atoms. The van der Waals surface area contributed by atoms with E-state index in [9.17, 15) is 0 Å². The van der Waals surface area contributed by atoms with Crippen molar-refractivity contribution in [1.82, 2.24) is 0 Å². The van der Waals surface area contributed by atoms with Crippen molar-refractivity contribution in [3.05, 3.63) is 10.8 Å². The molecule has 2 heterocycles. The lowest BCUT2D eigenvalue weighted by Gasteiger charge is -2.40. The van der Waals surface area contributed by atoms with Crippen LogP contribution in [0.5, 0.6) is 5.75 Å². The molecule has 1 fully saturated rings. The van der Waals surface area contributed by atoms with Gasteiger partial charge in [0, 0.05) is 10.8 Å². The highest BCUT2D eigenvalue weighted by Gasteiger charge is 2.37. The topological polar surface area (TPSA) is 21.3 Å². The van der Waals surface area contributed by atoms with Crippen LogP contribution in [0.2, 0.25) is 0 Å². The summed E-state index contributed by atoms with van der Waals surface area (Å²) in [5.74, 6) is 1.07.